The minimum Gasteiger partial charge on any atom is -0.393 e. The van der Waals surface area contributed by atoms with E-state index in [9.17, 15) is 5.11 Å². The van der Waals surface area contributed by atoms with E-state index in [0.717, 1.165) is 18.8 Å². The van der Waals surface area contributed by atoms with E-state index >= 15 is 0 Å². The van der Waals surface area contributed by atoms with E-state index in [1.807, 2.05) is 24.1 Å². The summed E-state index contributed by atoms with van der Waals surface area (Å²) in [6, 6.07) is 0. The van der Waals surface area contributed by atoms with E-state index in [-0.39, 0.29) is 6.10 Å². The van der Waals surface area contributed by atoms with Crippen molar-refractivity contribution in [2.75, 3.05) is 0 Å². The van der Waals surface area contributed by atoms with Crippen LogP contribution in [0, 0.1) is 11.8 Å². The quantitative estimate of drug-likeness (QED) is 0.825. The highest BCUT2D eigenvalue weighted by Gasteiger charge is 2.25. The Balaban J connectivity index is 1.67. The van der Waals surface area contributed by atoms with E-state index in [4.69, 9.17) is 0 Å². The molecule has 0 amide bonds. The number of aliphatic hydroxyl groups excluding tert-OH is 1. The molecular formula is C17H30N2O. The number of aryl methyl sites for hydroxylation is 2. The average molecular weight is 278 g/mol. The van der Waals surface area contributed by atoms with E-state index in [1.165, 1.54) is 50.5 Å². The second-order valence-corrected chi connectivity index (χ2v) is 6.55. The Kier molecular flexibility index (Phi) is 6.08. The van der Waals surface area contributed by atoms with Gasteiger partial charge in [0.1, 0.15) is 0 Å². The van der Waals surface area contributed by atoms with Crippen molar-refractivity contribution in [2.24, 2.45) is 18.9 Å². The Morgan fingerprint density at radius 1 is 1.35 bits per heavy atom. The first kappa shape index (κ1) is 15.6. The zero-order valence-corrected chi connectivity index (χ0v) is 13.1. The van der Waals surface area contributed by atoms with Gasteiger partial charge in [-0.3, -0.25) is 4.68 Å². The molecule has 0 aliphatic heterocycles. The Labute approximate surface area is 123 Å². The van der Waals surface area contributed by atoms with Crippen LogP contribution in [0.15, 0.2) is 12.4 Å². The van der Waals surface area contributed by atoms with Crippen molar-refractivity contribution in [3.8, 4) is 0 Å². The summed E-state index contributed by atoms with van der Waals surface area (Å²) in [6.45, 7) is 2.27. The summed E-state index contributed by atoms with van der Waals surface area (Å²) >= 11 is 0. The SMILES string of the molecule is CCCCC1CCC(C(O)CCc2cnn(C)c2)CC1. The third kappa shape index (κ3) is 4.62. The van der Waals surface area contributed by atoms with Gasteiger partial charge in [0.2, 0.25) is 0 Å². The van der Waals surface area contributed by atoms with E-state index in [1.54, 1.807) is 0 Å². The third-order valence-electron chi connectivity index (χ3n) is 4.89. The molecule has 1 N–H and O–H groups in total. The molecule has 1 aromatic heterocycles. The van der Waals surface area contributed by atoms with Gasteiger partial charge in [0.25, 0.3) is 0 Å². The fourth-order valence-corrected chi connectivity index (χ4v) is 3.51. The number of hydrogen-bond acceptors (Lipinski definition) is 2. The number of nitrogens with zero attached hydrogens (tertiary/aromatic N) is 2. The van der Waals surface area contributed by atoms with E-state index < -0.39 is 0 Å². The van der Waals surface area contributed by atoms with Gasteiger partial charge < -0.3 is 5.11 Å². The summed E-state index contributed by atoms with van der Waals surface area (Å²) in [6.07, 6.45) is 14.9. The number of rotatable bonds is 7. The van der Waals surface area contributed by atoms with Gasteiger partial charge in [-0.25, -0.2) is 0 Å². The molecule has 0 bridgehead atoms. The third-order valence-corrected chi connectivity index (χ3v) is 4.89. The maximum Gasteiger partial charge on any atom is 0.0571 e. The lowest BCUT2D eigenvalue weighted by Gasteiger charge is -2.31. The van der Waals surface area contributed by atoms with Gasteiger partial charge in [-0.15, -0.1) is 0 Å². The summed E-state index contributed by atoms with van der Waals surface area (Å²) in [5.41, 5.74) is 1.24. The number of aromatic nitrogens is 2. The first-order valence-electron chi connectivity index (χ1n) is 8.34. The van der Waals surface area contributed by atoms with Crippen molar-refractivity contribution >= 4 is 0 Å². The molecule has 0 spiro atoms. The lowest BCUT2D eigenvalue weighted by molar-refractivity contribution is 0.0658. The normalized spacial score (nSPS) is 24.8. The predicted octanol–water partition coefficient (Wildman–Crippen LogP) is 3.71. The molecule has 1 heterocycles. The molecule has 1 atom stereocenters. The smallest absolute Gasteiger partial charge is 0.0571 e. The zero-order valence-electron chi connectivity index (χ0n) is 13.1. The average Bonchev–Trinajstić information content (AvgIpc) is 2.89. The van der Waals surface area contributed by atoms with Gasteiger partial charge in [-0.1, -0.05) is 39.0 Å². The van der Waals surface area contributed by atoms with Gasteiger partial charge in [0, 0.05) is 13.2 Å². The molecule has 1 aliphatic carbocycles. The maximum absolute atomic E-state index is 10.4. The van der Waals surface area contributed by atoms with Crippen molar-refractivity contribution in [3.05, 3.63) is 18.0 Å². The van der Waals surface area contributed by atoms with Crippen LogP contribution in [0.2, 0.25) is 0 Å². The van der Waals surface area contributed by atoms with Crippen LogP contribution in [0.5, 0.6) is 0 Å². The molecule has 1 aromatic rings. The maximum atomic E-state index is 10.4. The monoisotopic (exact) mass is 278 g/mol. The topological polar surface area (TPSA) is 38.1 Å². The summed E-state index contributed by atoms with van der Waals surface area (Å²) in [4.78, 5) is 0. The standard InChI is InChI=1S/C17H30N2O/c1-3-4-5-14-6-9-16(10-7-14)17(20)11-8-15-12-18-19(2)13-15/h12-14,16-17,20H,3-11H2,1-2H3. The van der Waals surface area contributed by atoms with Crippen LogP contribution in [-0.4, -0.2) is 21.0 Å². The summed E-state index contributed by atoms with van der Waals surface area (Å²) in [5.74, 6) is 1.46. The van der Waals surface area contributed by atoms with Crippen LogP contribution in [-0.2, 0) is 13.5 Å². The molecule has 1 saturated carbocycles. The first-order chi connectivity index (χ1) is 9.69. The largest absolute Gasteiger partial charge is 0.393 e. The lowest BCUT2D eigenvalue weighted by Crippen LogP contribution is -2.26. The molecule has 1 unspecified atom stereocenters. The van der Waals surface area contributed by atoms with Crippen molar-refractivity contribution in [1.29, 1.82) is 0 Å². The fraction of sp³-hybridized carbons (Fsp3) is 0.824. The Morgan fingerprint density at radius 3 is 2.70 bits per heavy atom. The van der Waals surface area contributed by atoms with E-state index in [0.29, 0.717) is 5.92 Å². The molecule has 0 aromatic carbocycles. The van der Waals surface area contributed by atoms with Crippen molar-refractivity contribution in [2.45, 2.75) is 70.8 Å². The molecular weight excluding hydrogens is 248 g/mol. The van der Waals surface area contributed by atoms with Crippen molar-refractivity contribution < 1.29 is 5.11 Å². The molecule has 0 saturated heterocycles. The minimum absolute atomic E-state index is 0.123. The summed E-state index contributed by atoms with van der Waals surface area (Å²) < 4.78 is 1.83. The van der Waals surface area contributed by atoms with E-state index in [2.05, 4.69) is 12.0 Å². The van der Waals surface area contributed by atoms with Gasteiger partial charge in [0.15, 0.2) is 0 Å². The van der Waals surface area contributed by atoms with Gasteiger partial charge in [-0.2, -0.15) is 5.10 Å². The van der Waals surface area contributed by atoms with Crippen molar-refractivity contribution in [1.82, 2.24) is 9.78 Å². The zero-order chi connectivity index (χ0) is 14.4. The van der Waals surface area contributed by atoms with Crippen LogP contribution in [0.3, 0.4) is 0 Å². The first-order valence-corrected chi connectivity index (χ1v) is 8.34. The van der Waals surface area contributed by atoms with Crippen LogP contribution < -0.4 is 0 Å². The second-order valence-electron chi connectivity index (χ2n) is 6.55. The molecule has 2 rings (SSSR count). The molecule has 1 fully saturated rings. The Bertz CT molecular complexity index is 380. The molecule has 3 heteroatoms. The van der Waals surface area contributed by atoms with Crippen LogP contribution in [0.25, 0.3) is 0 Å². The lowest BCUT2D eigenvalue weighted by atomic mass is 9.77. The fourth-order valence-electron chi connectivity index (χ4n) is 3.51. The van der Waals surface area contributed by atoms with Crippen LogP contribution in [0.1, 0.15) is 63.9 Å². The molecule has 1 aliphatic rings. The number of aliphatic hydroxyl groups is 1. The van der Waals surface area contributed by atoms with Gasteiger partial charge in [0.05, 0.1) is 12.3 Å². The molecule has 114 valence electrons. The second kappa shape index (κ2) is 7.82. The highest BCUT2D eigenvalue weighted by atomic mass is 16.3. The van der Waals surface area contributed by atoms with Gasteiger partial charge >= 0.3 is 0 Å². The van der Waals surface area contributed by atoms with Crippen molar-refractivity contribution in [3.63, 3.8) is 0 Å². The van der Waals surface area contributed by atoms with Crippen LogP contribution >= 0.6 is 0 Å². The highest BCUT2D eigenvalue weighted by Crippen LogP contribution is 2.34. The minimum atomic E-state index is -0.123. The molecule has 20 heavy (non-hydrogen) atoms. The number of unbranched alkanes of at least 4 members (excludes halogenated alkanes) is 1. The Hall–Kier alpha value is -0.830. The Morgan fingerprint density at radius 2 is 2.10 bits per heavy atom. The summed E-state index contributed by atoms with van der Waals surface area (Å²) in [5, 5.41) is 14.6. The highest BCUT2D eigenvalue weighted by molar-refractivity contribution is 5.03. The number of hydrogen-bond donors (Lipinski definition) is 1. The van der Waals surface area contributed by atoms with Gasteiger partial charge in [-0.05, 0) is 43.1 Å². The predicted molar refractivity (Wildman–Crippen MR) is 82.5 cm³/mol. The molecule has 0 radical (unpaired) electrons. The van der Waals surface area contributed by atoms with Crippen LogP contribution in [0.4, 0.5) is 0 Å². The summed E-state index contributed by atoms with van der Waals surface area (Å²) in [7, 11) is 1.94. The molecule has 3 nitrogen and oxygen atoms in total.